The third-order valence-electron chi connectivity index (χ3n) is 6.09. The molecule has 192 valence electrons. The fourth-order valence-electron chi connectivity index (χ4n) is 3.92. The van der Waals surface area contributed by atoms with E-state index in [1.54, 1.807) is 19.2 Å². The first kappa shape index (κ1) is 26.0. The molecule has 36 heavy (non-hydrogen) atoms. The van der Waals surface area contributed by atoms with Crippen LogP contribution in [0.2, 0.25) is 0 Å². The van der Waals surface area contributed by atoms with Crippen LogP contribution in [0.1, 0.15) is 48.9 Å². The van der Waals surface area contributed by atoms with Crippen LogP contribution in [0.15, 0.2) is 29.6 Å². The monoisotopic (exact) mass is 531 g/mol. The summed E-state index contributed by atoms with van der Waals surface area (Å²) < 4.78 is 0. The van der Waals surface area contributed by atoms with Gasteiger partial charge in [0, 0.05) is 41.8 Å². The Morgan fingerprint density at radius 2 is 1.89 bits per heavy atom. The number of nitrogens with one attached hydrogen (secondary N) is 3. The summed E-state index contributed by atoms with van der Waals surface area (Å²) >= 11 is 2.70. The van der Waals surface area contributed by atoms with Gasteiger partial charge in [-0.1, -0.05) is 18.6 Å². The van der Waals surface area contributed by atoms with Gasteiger partial charge in [0.05, 0.1) is 11.1 Å². The molecule has 2 atom stereocenters. The number of thiazole rings is 1. The summed E-state index contributed by atoms with van der Waals surface area (Å²) in [4.78, 5) is 54.1. The van der Waals surface area contributed by atoms with Crippen LogP contribution < -0.4 is 16.0 Å². The molecule has 4 N–H and O–H groups in total. The second kappa shape index (κ2) is 11.7. The van der Waals surface area contributed by atoms with E-state index in [4.69, 9.17) is 0 Å². The Bertz CT molecular complexity index is 1120. The van der Waals surface area contributed by atoms with Crippen molar-refractivity contribution in [2.75, 3.05) is 18.1 Å². The number of carbonyl (C=O) groups is 4. The molecule has 1 aliphatic heterocycles. The molecule has 10 nitrogen and oxygen atoms in total. The van der Waals surface area contributed by atoms with Crippen molar-refractivity contribution in [1.29, 1.82) is 0 Å². The van der Waals surface area contributed by atoms with Gasteiger partial charge >= 0.3 is 6.09 Å². The van der Waals surface area contributed by atoms with Crippen LogP contribution in [0.25, 0.3) is 11.3 Å². The summed E-state index contributed by atoms with van der Waals surface area (Å²) in [5.74, 6) is -0.177. The minimum Gasteiger partial charge on any atom is -0.465 e. The van der Waals surface area contributed by atoms with Gasteiger partial charge < -0.3 is 21.1 Å². The zero-order valence-corrected chi connectivity index (χ0v) is 21.5. The van der Waals surface area contributed by atoms with Crippen LogP contribution in [0.3, 0.4) is 0 Å². The summed E-state index contributed by atoms with van der Waals surface area (Å²) in [6.07, 6.45) is 3.25. The summed E-state index contributed by atoms with van der Waals surface area (Å²) in [6, 6.07) is 6.61. The molecular formula is C24H29N5O5S2. The van der Waals surface area contributed by atoms with Crippen molar-refractivity contribution in [2.24, 2.45) is 0 Å². The van der Waals surface area contributed by atoms with Crippen molar-refractivity contribution in [3.05, 3.63) is 35.2 Å². The molecule has 2 aromatic rings. The highest BCUT2D eigenvalue weighted by atomic mass is 32.2. The topological polar surface area (TPSA) is 141 Å². The van der Waals surface area contributed by atoms with Gasteiger partial charge in [0.15, 0.2) is 5.13 Å². The first-order valence-electron chi connectivity index (χ1n) is 11.9. The lowest BCUT2D eigenvalue weighted by Crippen LogP contribution is -2.47. The molecule has 0 radical (unpaired) electrons. The van der Waals surface area contributed by atoms with E-state index in [0.717, 1.165) is 18.4 Å². The third kappa shape index (κ3) is 6.55. The maximum atomic E-state index is 12.9. The molecule has 1 saturated heterocycles. The zero-order valence-electron chi connectivity index (χ0n) is 19.9. The van der Waals surface area contributed by atoms with Crippen LogP contribution in [0.4, 0.5) is 9.93 Å². The Labute approximate surface area is 217 Å². The number of benzene rings is 1. The van der Waals surface area contributed by atoms with E-state index in [-0.39, 0.29) is 17.2 Å². The summed E-state index contributed by atoms with van der Waals surface area (Å²) in [7, 11) is 1.59. The van der Waals surface area contributed by atoms with Gasteiger partial charge in [0.1, 0.15) is 6.04 Å². The molecule has 1 aromatic carbocycles. The summed E-state index contributed by atoms with van der Waals surface area (Å²) in [5, 5.41) is 19.9. The van der Waals surface area contributed by atoms with E-state index in [1.807, 2.05) is 17.5 Å². The predicted octanol–water partition coefficient (Wildman–Crippen LogP) is 3.37. The lowest BCUT2D eigenvalue weighted by Gasteiger charge is -2.25. The number of amides is 4. The van der Waals surface area contributed by atoms with Crippen molar-refractivity contribution in [2.45, 2.75) is 56.0 Å². The molecule has 2 fully saturated rings. The molecule has 4 amide bonds. The molecule has 0 bridgehead atoms. The van der Waals surface area contributed by atoms with Gasteiger partial charge in [0.2, 0.25) is 11.8 Å². The largest absolute Gasteiger partial charge is 0.465 e. The normalized spacial score (nSPS) is 19.1. The quantitative estimate of drug-likeness (QED) is 0.345. The van der Waals surface area contributed by atoms with E-state index in [1.165, 1.54) is 28.0 Å². The first-order chi connectivity index (χ1) is 17.4. The molecule has 2 heterocycles. The molecule has 2 aliphatic rings. The van der Waals surface area contributed by atoms with E-state index >= 15 is 0 Å². The van der Waals surface area contributed by atoms with Crippen LogP contribution in [0.5, 0.6) is 0 Å². The number of aromatic nitrogens is 1. The first-order valence-corrected chi connectivity index (χ1v) is 13.8. The van der Waals surface area contributed by atoms with Crippen molar-refractivity contribution in [3.8, 4) is 11.3 Å². The second-order valence-electron chi connectivity index (χ2n) is 8.76. The highest BCUT2D eigenvalue weighted by molar-refractivity contribution is 8.00. The Morgan fingerprint density at radius 3 is 2.56 bits per heavy atom. The van der Waals surface area contributed by atoms with Crippen LogP contribution in [-0.4, -0.2) is 69.1 Å². The van der Waals surface area contributed by atoms with Crippen LogP contribution in [0, 0.1) is 0 Å². The Morgan fingerprint density at radius 1 is 1.14 bits per heavy atom. The molecule has 0 spiro atoms. The fraction of sp³-hybridized carbons (Fsp3) is 0.458. The average molecular weight is 532 g/mol. The average Bonchev–Trinajstić information content (AvgIpc) is 3.38. The molecule has 12 heteroatoms. The lowest BCUT2D eigenvalue weighted by molar-refractivity contribution is -0.121. The van der Waals surface area contributed by atoms with Crippen molar-refractivity contribution in [1.82, 2.24) is 20.5 Å². The van der Waals surface area contributed by atoms with E-state index in [2.05, 4.69) is 20.9 Å². The number of unbranched alkanes of at least 4 members (excludes halogenated alkanes) is 1. The van der Waals surface area contributed by atoms with Crippen molar-refractivity contribution < 1.29 is 24.3 Å². The van der Waals surface area contributed by atoms with Gasteiger partial charge in [0.25, 0.3) is 5.91 Å². The number of thioether (sulfide) groups is 1. The predicted molar refractivity (Wildman–Crippen MR) is 139 cm³/mol. The van der Waals surface area contributed by atoms with E-state index in [9.17, 15) is 24.3 Å². The second-order valence-corrected chi connectivity index (χ2v) is 10.8. The van der Waals surface area contributed by atoms with Gasteiger partial charge in [-0.25, -0.2) is 9.78 Å². The summed E-state index contributed by atoms with van der Waals surface area (Å²) in [6.45, 7) is 0. The van der Waals surface area contributed by atoms with Gasteiger partial charge in [-0.05, 0) is 37.8 Å². The molecule has 1 aromatic heterocycles. The van der Waals surface area contributed by atoms with Crippen molar-refractivity contribution in [3.63, 3.8) is 0 Å². The number of carbonyl (C=O) groups excluding carboxylic acids is 3. The number of nitrogens with zero attached hydrogens (tertiary/aromatic N) is 2. The number of carboxylic acid groups (broad SMARTS) is 1. The lowest BCUT2D eigenvalue weighted by atomic mass is 10.1. The fourth-order valence-corrected chi connectivity index (χ4v) is 6.09. The number of hydrogen-bond donors (Lipinski definition) is 4. The number of anilines is 1. The standard InChI is InChI=1S/C24H29N5O5S2/c1-25-19(30)4-2-3-5-20-29(24(33)34)18(13-35-20)22(32)28-23-27-17(12-36-23)14-6-8-15(9-7-14)21(31)26-16-10-11-16/h6-9,12,16,18,20H,2-5,10-11,13H2,1H3,(H,25,30)(H,26,31)(H,33,34)(H,27,28,32). The Hall–Kier alpha value is -3.12. The Kier molecular flexibility index (Phi) is 8.47. The number of hydrogen-bond acceptors (Lipinski definition) is 7. The maximum Gasteiger partial charge on any atom is 0.408 e. The molecular weight excluding hydrogens is 502 g/mol. The van der Waals surface area contributed by atoms with E-state index in [0.29, 0.717) is 53.9 Å². The molecule has 2 unspecified atom stereocenters. The zero-order chi connectivity index (χ0) is 25.7. The number of rotatable bonds is 10. The Balaban J connectivity index is 1.32. The minimum absolute atomic E-state index is 0.0424. The molecule has 1 aliphatic carbocycles. The van der Waals surface area contributed by atoms with Gasteiger partial charge in [-0.15, -0.1) is 23.1 Å². The maximum absolute atomic E-state index is 12.9. The minimum atomic E-state index is -1.14. The third-order valence-corrected chi connectivity index (χ3v) is 8.20. The summed E-state index contributed by atoms with van der Waals surface area (Å²) in [5.41, 5.74) is 2.06. The van der Waals surface area contributed by atoms with E-state index < -0.39 is 18.0 Å². The highest BCUT2D eigenvalue weighted by Crippen LogP contribution is 2.34. The van der Waals surface area contributed by atoms with Gasteiger partial charge in [-0.3, -0.25) is 19.3 Å². The molecule has 4 rings (SSSR count). The molecule has 1 saturated carbocycles. The van der Waals surface area contributed by atoms with Gasteiger partial charge in [-0.2, -0.15) is 0 Å². The van der Waals surface area contributed by atoms with Crippen molar-refractivity contribution >= 4 is 52.0 Å². The highest BCUT2D eigenvalue weighted by Gasteiger charge is 2.41. The smallest absolute Gasteiger partial charge is 0.408 e. The van der Waals surface area contributed by atoms with Crippen LogP contribution in [-0.2, 0) is 9.59 Å². The van der Waals surface area contributed by atoms with Crippen LogP contribution >= 0.6 is 23.1 Å². The SMILES string of the molecule is CNC(=O)CCCCC1SCC(C(=O)Nc2nc(-c3ccc(C(=O)NC4CC4)cc3)cs2)N1C(=O)O.